The van der Waals surface area contributed by atoms with Gasteiger partial charge in [0.1, 0.15) is 5.82 Å². The normalized spacial score (nSPS) is 11.9. The summed E-state index contributed by atoms with van der Waals surface area (Å²) >= 11 is 5.30. The number of aromatic nitrogens is 2. The van der Waals surface area contributed by atoms with Gasteiger partial charge in [0.15, 0.2) is 4.77 Å². The van der Waals surface area contributed by atoms with E-state index in [2.05, 4.69) is 30.8 Å². The quantitative estimate of drug-likeness (QED) is 0.847. The van der Waals surface area contributed by atoms with Gasteiger partial charge >= 0.3 is 0 Å². The van der Waals surface area contributed by atoms with Crippen molar-refractivity contribution < 1.29 is 4.39 Å². The average molecular weight is 281 g/mol. The summed E-state index contributed by atoms with van der Waals surface area (Å²) in [5.41, 5.74) is 1.74. The molecule has 1 N–H and O–H groups in total. The van der Waals surface area contributed by atoms with Gasteiger partial charge in [-0.25, -0.2) is 4.39 Å². The topological polar surface area (TPSA) is 24.0 Å². The van der Waals surface area contributed by atoms with Crippen molar-refractivity contribution in [2.45, 2.75) is 32.9 Å². The van der Waals surface area contributed by atoms with Crippen LogP contribution in [0.2, 0.25) is 0 Å². The van der Waals surface area contributed by atoms with Crippen LogP contribution in [-0.4, -0.2) is 34.1 Å². The molecule has 0 fully saturated rings. The van der Waals surface area contributed by atoms with Gasteiger partial charge in [-0.15, -0.1) is 0 Å². The van der Waals surface area contributed by atoms with Crippen LogP contribution in [0.4, 0.5) is 4.39 Å². The first-order valence-corrected chi connectivity index (χ1v) is 6.98. The summed E-state index contributed by atoms with van der Waals surface area (Å²) < 4.78 is 15.9. The van der Waals surface area contributed by atoms with Gasteiger partial charge in [-0.05, 0) is 64.3 Å². The zero-order valence-corrected chi connectivity index (χ0v) is 12.4. The number of aromatic amines is 1. The Bertz CT molecular complexity index is 615. The number of halogens is 1. The maximum absolute atomic E-state index is 13.2. The minimum atomic E-state index is -0.240. The van der Waals surface area contributed by atoms with Crippen LogP contribution in [0.5, 0.6) is 0 Å². The van der Waals surface area contributed by atoms with E-state index in [1.165, 1.54) is 12.1 Å². The second-order valence-corrected chi connectivity index (χ2v) is 5.56. The number of hydrogen-bond acceptors (Lipinski definition) is 2. The average Bonchev–Trinajstić information content (AvgIpc) is 2.64. The van der Waals surface area contributed by atoms with Crippen LogP contribution in [-0.2, 0) is 6.54 Å². The number of imidazole rings is 1. The van der Waals surface area contributed by atoms with E-state index in [1.54, 1.807) is 6.07 Å². The van der Waals surface area contributed by atoms with Crippen LogP contribution in [0, 0.1) is 10.6 Å². The summed E-state index contributed by atoms with van der Waals surface area (Å²) in [5.74, 6) is -0.240. The van der Waals surface area contributed by atoms with Gasteiger partial charge in [0.05, 0.1) is 11.0 Å². The van der Waals surface area contributed by atoms with Gasteiger partial charge in [0, 0.05) is 12.6 Å². The Morgan fingerprint density at radius 2 is 2.16 bits per heavy atom. The van der Waals surface area contributed by atoms with Crippen molar-refractivity contribution in [2.24, 2.45) is 0 Å². The minimum absolute atomic E-state index is 0.240. The summed E-state index contributed by atoms with van der Waals surface area (Å²) in [5, 5.41) is 0. The second-order valence-electron chi connectivity index (χ2n) is 5.17. The molecular weight excluding hydrogens is 261 g/mol. The molecule has 0 unspecified atom stereocenters. The number of benzene rings is 1. The van der Waals surface area contributed by atoms with Crippen molar-refractivity contribution in [3.8, 4) is 0 Å². The number of fused-ring (bicyclic) bond motifs is 1. The highest BCUT2D eigenvalue weighted by Crippen LogP contribution is 2.16. The highest BCUT2D eigenvalue weighted by molar-refractivity contribution is 7.71. The van der Waals surface area contributed by atoms with Gasteiger partial charge < -0.3 is 14.5 Å². The van der Waals surface area contributed by atoms with E-state index in [9.17, 15) is 4.39 Å². The smallest absolute Gasteiger partial charge is 0.178 e. The molecule has 0 aliphatic heterocycles. The molecule has 0 bridgehead atoms. The molecule has 3 nitrogen and oxygen atoms in total. The molecule has 19 heavy (non-hydrogen) atoms. The number of rotatable bonds is 5. The molecule has 0 aliphatic rings. The predicted molar refractivity (Wildman–Crippen MR) is 79.5 cm³/mol. The van der Waals surface area contributed by atoms with E-state index in [0.717, 1.165) is 30.5 Å². The number of hydrogen-bond donors (Lipinski definition) is 1. The zero-order valence-electron chi connectivity index (χ0n) is 11.6. The van der Waals surface area contributed by atoms with E-state index in [1.807, 2.05) is 4.57 Å². The van der Waals surface area contributed by atoms with Crippen LogP contribution in [0.3, 0.4) is 0 Å². The minimum Gasteiger partial charge on any atom is -0.330 e. The Labute approximate surface area is 118 Å². The molecule has 1 aromatic heterocycles. The van der Waals surface area contributed by atoms with Gasteiger partial charge in [-0.2, -0.15) is 0 Å². The van der Waals surface area contributed by atoms with Crippen LogP contribution < -0.4 is 0 Å². The molecule has 5 heteroatoms. The summed E-state index contributed by atoms with van der Waals surface area (Å²) in [4.78, 5) is 5.36. The Morgan fingerprint density at radius 1 is 1.42 bits per heavy atom. The largest absolute Gasteiger partial charge is 0.330 e. The predicted octanol–water partition coefficient (Wildman–Crippen LogP) is 3.57. The fourth-order valence-electron chi connectivity index (χ4n) is 2.09. The highest BCUT2D eigenvalue weighted by atomic mass is 32.1. The Morgan fingerprint density at radius 3 is 2.84 bits per heavy atom. The lowest BCUT2D eigenvalue weighted by molar-refractivity contribution is 0.266. The molecule has 0 aliphatic carbocycles. The molecule has 0 amide bonds. The zero-order chi connectivity index (χ0) is 14.0. The first-order chi connectivity index (χ1) is 8.99. The summed E-state index contributed by atoms with van der Waals surface area (Å²) in [6.07, 6.45) is 1.02. The molecule has 2 rings (SSSR count). The van der Waals surface area contributed by atoms with E-state index < -0.39 is 0 Å². The molecule has 1 aromatic carbocycles. The van der Waals surface area contributed by atoms with Gasteiger partial charge in [-0.3, -0.25) is 0 Å². The SMILES string of the molecule is CC(C)N(C)CCCn1c(=S)[nH]c2cc(F)ccc21. The lowest BCUT2D eigenvalue weighted by Gasteiger charge is -2.20. The van der Waals surface area contributed by atoms with E-state index in [-0.39, 0.29) is 5.82 Å². The fraction of sp³-hybridized carbons (Fsp3) is 0.500. The summed E-state index contributed by atoms with van der Waals surface area (Å²) in [7, 11) is 2.12. The molecule has 0 radical (unpaired) electrons. The maximum atomic E-state index is 13.2. The van der Waals surface area contributed by atoms with E-state index >= 15 is 0 Å². The third-order valence-electron chi connectivity index (χ3n) is 3.51. The molecule has 0 saturated heterocycles. The molecule has 0 atom stereocenters. The van der Waals surface area contributed by atoms with Crippen molar-refractivity contribution in [1.82, 2.24) is 14.5 Å². The molecule has 0 spiro atoms. The van der Waals surface area contributed by atoms with Gasteiger partial charge in [-0.1, -0.05) is 0 Å². The first-order valence-electron chi connectivity index (χ1n) is 6.57. The monoisotopic (exact) mass is 281 g/mol. The van der Waals surface area contributed by atoms with Crippen LogP contribution in [0.25, 0.3) is 11.0 Å². The van der Waals surface area contributed by atoms with Gasteiger partial charge in [0.2, 0.25) is 0 Å². The van der Waals surface area contributed by atoms with Crippen molar-refractivity contribution in [2.75, 3.05) is 13.6 Å². The number of nitrogens with one attached hydrogen (secondary N) is 1. The lowest BCUT2D eigenvalue weighted by Crippen LogP contribution is -2.27. The lowest BCUT2D eigenvalue weighted by atomic mass is 10.3. The molecule has 2 aromatic rings. The third-order valence-corrected chi connectivity index (χ3v) is 3.83. The van der Waals surface area contributed by atoms with Crippen LogP contribution in [0.1, 0.15) is 20.3 Å². The van der Waals surface area contributed by atoms with Crippen molar-refractivity contribution >= 4 is 23.3 Å². The summed E-state index contributed by atoms with van der Waals surface area (Å²) in [6, 6.07) is 5.29. The highest BCUT2D eigenvalue weighted by Gasteiger charge is 2.07. The summed E-state index contributed by atoms with van der Waals surface area (Å²) in [6.45, 7) is 6.23. The Hall–Kier alpha value is -1.20. The molecular formula is C14H20FN3S. The second kappa shape index (κ2) is 5.84. The molecule has 1 heterocycles. The standard InChI is InChI=1S/C14H20FN3S/c1-10(2)17(3)7-4-8-18-13-6-5-11(15)9-12(13)16-14(18)19/h5-6,9-10H,4,7-8H2,1-3H3,(H,16,19). The first kappa shape index (κ1) is 14.2. The van der Waals surface area contributed by atoms with Crippen molar-refractivity contribution in [3.63, 3.8) is 0 Å². The van der Waals surface area contributed by atoms with Crippen molar-refractivity contribution in [1.29, 1.82) is 0 Å². The Balaban J connectivity index is 2.13. The Kier molecular flexibility index (Phi) is 4.37. The van der Waals surface area contributed by atoms with E-state index in [0.29, 0.717) is 10.8 Å². The van der Waals surface area contributed by atoms with E-state index in [4.69, 9.17) is 12.2 Å². The molecule has 0 saturated carbocycles. The third kappa shape index (κ3) is 3.22. The maximum Gasteiger partial charge on any atom is 0.178 e. The number of nitrogens with zero attached hydrogens (tertiary/aromatic N) is 2. The van der Waals surface area contributed by atoms with Gasteiger partial charge in [0.25, 0.3) is 0 Å². The molecule has 104 valence electrons. The fourth-order valence-corrected chi connectivity index (χ4v) is 2.39. The number of aryl methyl sites for hydroxylation is 1. The number of H-pyrrole nitrogens is 1. The van der Waals surface area contributed by atoms with Crippen LogP contribution in [0.15, 0.2) is 18.2 Å². The van der Waals surface area contributed by atoms with Crippen molar-refractivity contribution in [3.05, 3.63) is 28.8 Å². The van der Waals surface area contributed by atoms with Crippen LogP contribution >= 0.6 is 12.2 Å².